The molecule has 4 rings (SSSR count). The van der Waals surface area contributed by atoms with Gasteiger partial charge in [-0.1, -0.05) is 39.3 Å². The summed E-state index contributed by atoms with van der Waals surface area (Å²) in [5, 5.41) is 21.7. The lowest BCUT2D eigenvalue weighted by atomic mass is 9.46. The van der Waals surface area contributed by atoms with Gasteiger partial charge in [0.25, 0.3) is 0 Å². The summed E-state index contributed by atoms with van der Waals surface area (Å²) in [6.07, 6.45) is 7.07. The molecular formula is C24H32O6. The second-order valence-corrected chi connectivity index (χ2v) is 10.2. The van der Waals surface area contributed by atoms with Crippen LogP contribution in [0, 0.1) is 34.5 Å². The lowest BCUT2D eigenvalue weighted by Crippen LogP contribution is -2.63. The average molecular weight is 417 g/mol. The van der Waals surface area contributed by atoms with Crippen molar-refractivity contribution < 1.29 is 29.3 Å². The van der Waals surface area contributed by atoms with Gasteiger partial charge in [0.1, 0.15) is 0 Å². The highest BCUT2D eigenvalue weighted by molar-refractivity contribution is 6.01. The van der Waals surface area contributed by atoms with Crippen LogP contribution >= 0.6 is 0 Å². The van der Waals surface area contributed by atoms with Crippen LogP contribution in [0.25, 0.3) is 0 Å². The maximum absolute atomic E-state index is 12.6. The summed E-state index contributed by atoms with van der Waals surface area (Å²) in [5.41, 5.74) is -1.83. The van der Waals surface area contributed by atoms with E-state index < -0.39 is 34.5 Å². The van der Waals surface area contributed by atoms with Crippen LogP contribution < -0.4 is 0 Å². The molecule has 4 aliphatic rings. The molecule has 30 heavy (non-hydrogen) atoms. The Labute approximate surface area is 177 Å². The first-order chi connectivity index (χ1) is 14.0. The molecule has 0 amide bonds. The molecule has 0 aliphatic heterocycles. The molecule has 6 nitrogen and oxygen atoms in total. The Morgan fingerprint density at radius 2 is 2.00 bits per heavy atom. The topological polar surface area (TPSA) is 101 Å². The number of carbonyl (C=O) groups excluding carboxylic acids is 2. The van der Waals surface area contributed by atoms with Crippen molar-refractivity contribution in [1.29, 1.82) is 0 Å². The number of carboxylic acids is 1. The van der Waals surface area contributed by atoms with Crippen molar-refractivity contribution in [3.05, 3.63) is 23.8 Å². The van der Waals surface area contributed by atoms with Crippen LogP contribution in [0.4, 0.5) is 0 Å². The molecule has 0 radical (unpaired) electrons. The summed E-state index contributed by atoms with van der Waals surface area (Å²) in [5.74, 6) is -1.95. The number of esters is 1. The molecule has 0 aromatic rings. The van der Waals surface area contributed by atoms with E-state index in [1.54, 1.807) is 19.1 Å². The fourth-order valence-corrected chi connectivity index (χ4v) is 7.61. The van der Waals surface area contributed by atoms with Gasteiger partial charge < -0.3 is 14.9 Å². The molecule has 0 unspecified atom stereocenters. The monoisotopic (exact) mass is 416 g/mol. The van der Waals surface area contributed by atoms with Crippen LogP contribution in [-0.4, -0.2) is 39.6 Å². The number of aliphatic hydroxyl groups is 1. The van der Waals surface area contributed by atoms with Gasteiger partial charge in [0.2, 0.25) is 5.60 Å². The van der Waals surface area contributed by atoms with Crippen molar-refractivity contribution in [3.8, 4) is 0 Å². The van der Waals surface area contributed by atoms with E-state index >= 15 is 0 Å². The fraction of sp³-hybridized carbons (Fsp3) is 0.708. The zero-order valence-corrected chi connectivity index (χ0v) is 18.2. The van der Waals surface area contributed by atoms with Gasteiger partial charge in [-0.3, -0.25) is 9.59 Å². The van der Waals surface area contributed by atoms with Gasteiger partial charge in [-0.2, -0.15) is 0 Å². The Kier molecular flexibility index (Phi) is 4.81. The molecule has 0 aromatic heterocycles. The third-order valence-electron chi connectivity index (χ3n) is 8.92. The van der Waals surface area contributed by atoms with E-state index in [9.17, 15) is 24.6 Å². The number of carboxylic acid groups (broad SMARTS) is 1. The number of aliphatic hydroxyl groups excluding tert-OH is 1. The van der Waals surface area contributed by atoms with Crippen LogP contribution in [0.5, 0.6) is 0 Å². The van der Waals surface area contributed by atoms with E-state index in [0.29, 0.717) is 6.42 Å². The minimum atomic E-state index is -1.63. The first kappa shape index (κ1) is 21.3. The molecule has 2 N–H and O–H groups in total. The van der Waals surface area contributed by atoms with E-state index in [2.05, 4.69) is 6.92 Å². The van der Waals surface area contributed by atoms with E-state index in [0.717, 1.165) is 18.4 Å². The van der Waals surface area contributed by atoms with Crippen LogP contribution in [0.2, 0.25) is 0 Å². The Bertz CT molecular complexity index is 858. The number of hydrogen-bond acceptors (Lipinski definition) is 5. The predicted octanol–water partition coefficient (Wildman–Crippen LogP) is 3.29. The number of aliphatic carboxylic acids is 1. The Hall–Kier alpha value is -1.95. The third-order valence-corrected chi connectivity index (χ3v) is 8.92. The lowest BCUT2D eigenvalue weighted by Gasteiger charge is -2.59. The summed E-state index contributed by atoms with van der Waals surface area (Å²) in [4.78, 5) is 36.8. The summed E-state index contributed by atoms with van der Waals surface area (Å²) in [6, 6.07) is 0. The molecule has 3 saturated carbocycles. The van der Waals surface area contributed by atoms with Crippen molar-refractivity contribution in [2.75, 3.05) is 0 Å². The van der Waals surface area contributed by atoms with Gasteiger partial charge >= 0.3 is 11.9 Å². The van der Waals surface area contributed by atoms with Gasteiger partial charge in [0.05, 0.1) is 6.10 Å². The summed E-state index contributed by atoms with van der Waals surface area (Å²) < 4.78 is 5.75. The van der Waals surface area contributed by atoms with Gasteiger partial charge in [-0.05, 0) is 49.7 Å². The smallest absolute Gasteiger partial charge is 0.349 e. The number of hydrogen-bond donors (Lipinski definition) is 2. The number of carbonyl (C=O) groups is 3. The van der Waals surface area contributed by atoms with Crippen LogP contribution in [-0.2, 0) is 19.1 Å². The minimum absolute atomic E-state index is 0.0121. The molecule has 8 atom stereocenters. The minimum Gasteiger partial charge on any atom is -0.478 e. The second kappa shape index (κ2) is 6.78. The van der Waals surface area contributed by atoms with Crippen molar-refractivity contribution in [1.82, 2.24) is 0 Å². The molecule has 0 spiro atoms. The highest BCUT2D eigenvalue weighted by Crippen LogP contribution is 2.69. The molecule has 6 heteroatoms. The summed E-state index contributed by atoms with van der Waals surface area (Å²) in [6.45, 7) is 7.50. The Morgan fingerprint density at radius 3 is 2.63 bits per heavy atom. The normalized spacial score (nSPS) is 47.0. The molecule has 4 aliphatic carbocycles. The number of allylic oxidation sites excluding steroid dienone is 4. The highest BCUT2D eigenvalue weighted by Gasteiger charge is 2.73. The van der Waals surface area contributed by atoms with E-state index in [1.807, 2.05) is 19.9 Å². The zero-order valence-electron chi connectivity index (χ0n) is 18.2. The first-order valence-corrected chi connectivity index (χ1v) is 11.1. The fourth-order valence-electron chi connectivity index (χ4n) is 7.61. The summed E-state index contributed by atoms with van der Waals surface area (Å²) in [7, 11) is 0. The quantitative estimate of drug-likeness (QED) is 0.685. The number of ketones is 1. The van der Waals surface area contributed by atoms with Crippen molar-refractivity contribution in [3.63, 3.8) is 0 Å². The number of fused-ring (bicyclic) bond motifs is 5. The lowest BCUT2D eigenvalue weighted by molar-refractivity contribution is -0.214. The molecule has 0 aromatic carbocycles. The summed E-state index contributed by atoms with van der Waals surface area (Å²) >= 11 is 0. The molecular weight excluding hydrogens is 384 g/mol. The zero-order chi connectivity index (χ0) is 22.1. The molecule has 0 heterocycles. The predicted molar refractivity (Wildman–Crippen MR) is 109 cm³/mol. The Morgan fingerprint density at radius 1 is 1.30 bits per heavy atom. The van der Waals surface area contributed by atoms with Gasteiger partial charge in [-0.25, -0.2) is 4.79 Å². The van der Waals surface area contributed by atoms with Crippen LogP contribution in [0.3, 0.4) is 0 Å². The van der Waals surface area contributed by atoms with Crippen LogP contribution in [0.1, 0.15) is 59.8 Å². The van der Waals surface area contributed by atoms with Gasteiger partial charge in [0, 0.05) is 29.1 Å². The standard InChI is InChI=1S/C24H32O6/c1-5-19(27)30-24(21(28)29)13(2)10-17-16-7-6-14-11-15(25)8-9-22(14,3)20(16)18(26)12-23(17,24)4/h8-9,11,13,16-18,20,26H,5-7,10,12H2,1-4H3,(H,28,29)/t13-,16-,17-,18-,20+,22-,23-,24-/m0/s1. The largest absolute Gasteiger partial charge is 0.478 e. The van der Waals surface area contributed by atoms with Gasteiger partial charge in [-0.15, -0.1) is 0 Å². The van der Waals surface area contributed by atoms with Crippen molar-refractivity contribution in [2.45, 2.75) is 71.5 Å². The average Bonchev–Trinajstić information content (AvgIpc) is 2.89. The number of ether oxygens (including phenoxy) is 1. The van der Waals surface area contributed by atoms with Gasteiger partial charge in [0.15, 0.2) is 5.78 Å². The maximum atomic E-state index is 12.6. The van der Waals surface area contributed by atoms with Crippen LogP contribution in [0.15, 0.2) is 23.8 Å². The van der Waals surface area contributed by atoms with Crippen molar-refractivity contribution in [2.24, 2.45) is 34.5 Å². The van der Waals surface area contributed by atoms with Crippen molar-refractivity contribution >= 4 is 17.7 Å². The molecule has 0 bridgehead atoms. The SMILES string of the molecule is CCC(=O)O[C@]1(C(=O)O)[C@@H](C)C[C@H]2[C@@H]3CCC4=CC(=O)C=C[C@]4(C)[C@H]3[C@@H](O)C[C@@]21C. The molecule has 164 valence electrons. The highest BCUT2D eigenvalue weighted by atomic mass is 16.6. The van der Waals surface area contributed by atoms with E-state index in [-0.39, 0.29) is 42.3 Å². The first-order valence-electron chi connectivity index (χ1n) is 11.1. The van der Waals surface area contributed by atoms with E-state index in [1.165, 1.54) is 0 Å². The molecule has 3 fully saturated rings. The molecule has 0 saturated heterocycles. The number of rotatable bonds is 3. The Balaban J connectivity index is 1.79. The second-order valence-electron chi connectivity index (χ2n) is 10.2. The van der Waals surface area contributed by atoms with E-state index in [4.69, 9.17) is 4.74 Å². The third kappa shape index (κ3) is 2.55. The maximum Gasteiger partial charge on any atom is 0.349 e.